The third kappa shape index (κ3) is 11.7. The van der Waals surface area contributed by atoms with Gasteiger partial charge in [0.25, 0.3) is 5.09 Å². The normalized spacial score (nSPS) is 18.0. The molecule has 14 heteroatoms. The number of rotatable bonds is 19. The monoisotopic (exact) mass is 734 g/mol. The van der Waals surface area contributed by atoms with Crippen molar-refractivity contribution in [2.45, 2.75) is 63.3 Å². The molecule has 5 rings (SSSR count). The van der Waals surface area contributed by atoms with Crippen LogP contribution in [0.15, 0.2) is 72.8 Å². The number of fused-ring (bicyclic) bond motifs is 1. The molecule has 1 N–H and O–H groups in total. The van der Waals surface area contributed by atoms with Crippen molar-refractivity contribution in [3.05, 3.63) is 99.6 Å². The van der Waals surface area contributed by atoms with Crippen LogP contribution in [0.4, 0.5) is 10.5 Å². The first-order valence-electron chi connectivity index (χ1n) is 18.1. The zero-order valence-corrected chi connectivity index (χ0v) is 30.5. The zero-order valence-electron chi connectivity index (χ0n) is 30.5. The standard InChI is InChI=1S/C39H50N4O10/c1-48-19-8-17-41-18-22-50-36-16-11-30(23-35(36)41)28-52-37-27-42(39(45)51-20-6-7-21-53-43(46)47)32(24-34(37)31-12-14-33(49-2)15-13-31)25-38(44)40-26-29-9-4-3-5-10-29/h3-5,9-16,23,32,34,37H,6-8,17-22,24-28H2,1-2H3,(H,40,44). The summed E-state index contributed by atoms with van der Waals surface area (Å²) in [6.07, 6.45) is 1.15. The van der Waals surface area contributed by atoms with Crippen LogP contribution in [0.2, 0.25) is 0 Å². The fourth-order valence-electron chi connectivity index (χ4n) is 6.74. The number of unbranched alkanes of at least 4 members (excludes halogenated alkanes) is 1. The van der Waals surface area contributed by atoms with Crippen LogP contribution < -0.4 is 19.7 Å². The molecule has 0 saturated carbocycles. The van der Waals surface area contributed by atoms with Crippen LogP contribution in [-0.4, -0.2) is 94.4 Å². The van der Waals surface area contributed by atoms with Crippen molar-refractivity contribution in [1.29, 1.82) is 0 Å². The van der Waals surface area contributed by atoms with Crippen molar-refractivity contribution in [2.24, 2.45) is 0 Å². The number of nitrogens with one attached hydrogen (secondary N) is 1. The van der Waals surface area contributed by atoms with E-state index in [1.54, 1.807) is 19.1 Å². The van der Waals surface area contributed by atoms with Crippen LogP contribution in [0.25, 0.3) is 0 Å². The minimum absolute atomic E-state index is 0.0504. The second kappa shape index (κ2) is 20.2. The Bertz CT molecular complexity index is 1610. The van der Waals surface area contributed by atoms with Gasteiger partial charge in [0.05, 0.1) is 51.8 Å². The Labute approximate surface area is 310 Å². The summed E-state index contributed by atoms with van der Waals surface area (Å²) < 4.78 is 29.0. The number of piperidine rings is 1. The Morgan fingerprint density at radius 2 is 1.75 bits per heavy atom. The number of ether oxygens (including phenoxy) is 5. The lowest BCUT2D eigenvalue weighted by molar-refractivity contribution is -0.757. The van der Waals surface area contributed by atoms with Crippen LogP contribution in [0, 0.1) is 10.1 Å². The lowest BCUT2D eigenvalue weighted by Crippen LogP contribution is -2.53. The number of carbonyl (C=O) groups is 2. The number of hydrogen-bond donors (Lipinski definition) is 1. The lowest BCUT2D eigenvalue weighted by atomic mass is 9.82. The number of benzene rings is 3. The summed E-state index contributed by atoms with van der Waals surface area (Å²) in [6, 6.07) is 23.0. The number of amides is 2. The van der Waals surface area contributed by atoms with Gasteiger partial charge in [-0.25, -0.2) is 4.79 Å². The second-order valence-corrected chi connectivity index (χ2v) is 13.1. The van der Waals surface area contributed by atoms with Gasteiger partial charge in [-0.15, -0.1) is 10.1 Å². The van der Waals surface area contributed by atoms with E-state index in [2.05, 4.69) is 21.1 Å². The summed E-state index contributed by atoms with van der Waals surface area (Å²) in [6.45, 7) is 3.73. The number of carbonyl (C=O) groups excluding carboxylic acids is 2. The predicted molar refractivity (Wildman–Crippen MR) is 197 cm³/mol. The SMILES string of the molecule is COCCCN1CCOc2ccc(COC3CN(C(=O)OCCCCO[N+](=O)[O-])C(CC(=O)NCc4ccccc4)CC3c3ccc(OC)cc3)cc21. The number of anilines is 1. The van der Waals surface area contributed by atoms with E-state index in [0.29, 0.717) is 39.0 Å². The van der Waals surface area contributed by atoms with E-state index < -0.39 is 23.3 Å². The molecule has 3 aromatic carbocycles. The van der Waals surface area contributed by atoms with E-state index in [1.807, 2.05) is 66.7 Å². The average molecular weight is 735 g/mol. The first-order chi connectivity index (χ1) is 25.8. The van der Waals surface area contributed by atoms with E-state index in [-0.39, 0.29) is 44.6 Å². The molecule has 14 nitrogen and oxygen atoms in total. The molecular weight excluding hydrogens is 684 g/mol. The second-order valence-electron chi connectivity index (χ2n) is 13.1. The third-order valence-electron chi connectivity index (χ3n) is 9.51. The van der Waals surface area contributed by atoms with E-state index in [9.17, 15) is 19.7 Å². The Morgan fingerprint density at radius 1 is 0.962 bits per heavy atom. The van der Waals surface area contributed by atoms with Crippen LogP contribution >= 0.6 is 0 Å². The van der Waals surface area contributed by atoms with Crippen molar-refractivity contribution in [1.82, 2.24) is 10.2 Å². The van der Waals surface area contributed by atoms with Crippen LogP contribution in [0.3, 0.4) is 0 Å². The summed E-state index contributed by atoms with van der Waals surface area (Å²) in [7, 11) is 3.32. The molecule has 2 heterocycles. The molecule has 2 aliphatic heterocycles. The summed E-state index contributed by atoms with van der Waals surface area (Å²) in [5.74, 6) is 1.22. The van der Waals surface area contributed by atoms with Crippen molar-refractivity contribution in [2.75, 3.05) is 65.2 Å². The molecule has 1 fully saturated rings. The van der Waals surface area contributed by atoms with Crippen LogP contribution in [0.5, 0.6) is 11.5 Å². The Balaban J connectivity index is 1.34. The number of hydrogen-bond acceptors (Lipinski definition) is 11. The molecule has 53 heavy (non-hydrogen) atoms. The molecule has 286 valence electrons. The minimum Gasteiger partial charge on any atom is -0.497 e. The van der Waals surface area contributed by atoms with Gasteiger partial charge in [0.2, 0.25) is 5.91 Å². The van der Waals surface area contributed by atoms with Gasteiger partial charge in [0, 0.05) is 45.2 Å². The molecule has 3 aromatic rings. The van der Waals surface area contributed by atoms with Gasteiger partial charge < -0.3 is 43.6 Å². The highest BCUT2D eigenvalue weighted by Gasteiger charge is 2.41. The van der Waals surface area contributed by atoms with Gasteiger partial charge in [-0.3, -0.25) is 4.79 Å². The van der Waals surface area contributed by atoms with Crippen molar-refractivity contribution < 1.29 is 43.2 Å². The zero-order chi connectivity index (χ0) is 37.4. The fraction of sp³-hybridized carbons (Fsp3) is 0.487. The molecule has 2 aliphatic rings. The average Bonchev–Trinajstić information content (AvgIpc) is 3.18. The largest absolute Gasteiger partial charge is 0.497 e. The summed E-state index contributed by atoms with van der Waals surface area (Å²) in [5.41, 5.74) is 3.96. The fourth-order valence-corrected chi connectivity index (χ4v) is 6.74. The molecule has 0 aliphatic carbocycles. The maximum atomic E-state index is 13.7. The van der Waals surface area contributed by atoms with Gasteiger partial charge >= 0.3 is 6.09 Å². The summed E-state index contributed by atoms with van der Waals surface area (Å²) in [5, 5.41) is 12.6. The minimum atomic E-state index is -0.844. The van der Waals surface area contributed by atoms with E-state index in [1.165, 1.54) is 0 Å². The molecule has 3 atom stereocenters. The van der Waals surface area contributed by atoms with E-state index in [0.717, 1.165) is 53.4 Å². The Kier molecular flexibility index (Phi) is 14.9. The lowest BCUT2D eigenvalue weighted by Gasteiger charge is -2.43. The van der Waals surface area contributed by atoms with E-state index >= 15 is 0 Å². The molecule has 0 bridgehead atoms. The number of methoxy groups -OCH3 is 2. The van der Waals surface area contributed by atoms with Gasteiger partial charge in [0.15, 0.2) is 0 Å². The first kappa shape index (κ1) is 39.1. The number of nitrogens with zero attached hydrogens (tertiary/aromatic N) is 3. The highest BCUT2D eigenvalue weighted by atomic mass is 16.9. The molecule has 2 amide bonds. The highest BCUT2D eigenvalue weighted by molar-refractivity contribution is 5.78. The maximum Gasteiger partial charge on any atom is 0.410 e. The molecular formula is C39H50N4O10. The molecule has 1 saturated heterocycles. The molecule has 0 radical (unpaired) electrons. The third-order valence-corrected chi connectivity index (χ3v) is 9.51. The van der Waals surface area contributed by atoms with Crippen molar-refractivity contribution >= 4 is 17.7 Å². The van der Waals surface area contributed by atoms with Gasteiger partial charge in [-0.2, -0.15) is 0 Å². The summed E-state index contributed by atoms with van der Waals surface area (Å²) >= 11 is 0. The first-order valence-corrected chi connectivity index (χ1v) is 18.1. The highest BCUT2D eigenvalue weighted by Crippen LogP contribution is 2.38. The topological polar surface area (TPSA) is 151 Å². The van der Waals surface area contributed by atoms with Crippen molar-refractivity contribution in [3.8, 4) is 11.5 Å². The molecule has 0 spiro atoms. The summed E-state index contributed by atoms with van der Waals surface area (Å²) in [4.78, 5) is 45.8. The van der Waals surface area contributed by atoms with Crippen LogP contribution in [0.1, 0.15) is 54.7 Å². The van der Waals surface area contributed by atoms with Gasteiger partial charge in [-0.1, -0.05) is 48.5 Å². The predicted octanol–water partition coefficient (Wildman–Crippen LogP) is 5.51. The molecule has 3 unspecified atom stereocenters. The van der Waals surface area contributed by atoms with E-state index in [4.69, 9.17) is 23.7 Å². The molecule has 0 aromatic heterocycles. The van der Waals surface area contributed by atoms with Crippen molar-refractivity contribution in [3.63, 3.8) is 0 Å². The van der Waals surface area contributed by atoms with Crippen LogP contribution in [-0.2, 0) is 37.0 Å². The quantitative estimate of drug-likeness (QED) is 0.0944. The smallest absolute Gasteiger partial charge is 0.410 e. The van der Waals surface area contributed by atoms with Gasteiger partial charge in [-0.05, 0) is 66.6 Å². The number of likely N-dealkylation sites (tertiary alicyclic amines) is 1. The Morgan fingerprint density at radius 3 is 2.51 bits per heavy atom. The maximum absolute atomic E-state index is 13.7. The van der Waals surface area contributed by atoms with Gasteiger partial charge in [0.1, 0.15) is 18.1 Å². The Hall–Kier alpha value is -5.08.